The highest BCUT2D eigenvalue weighted by atomic mass is 16.5. The van der Waals surface area contributed by atoms with Crippen LogP contribution in [0.5, 0.6) is 5.75 Å². The average Bonchev–Trinajstić information content (AvgIpc) is 3.04. The molecular weight excluding hydrogens is 386 g/mol. The van der Waals surface area contributed by atoms with E-state index in [1.807, 2.05) is 0 Å². The number of fused-ring (bicyclic) bond motifs is 1. The van der Waals surface area contributed by atoms with Crippen LogP contribution in [0.15, 0.2) is 72.8 Å². The molecule has 3 aromatic rings. The Kier molecular flexibility index (Phi) is 4.85. The first-order valence-electron chi connectivity index (χ1n) is 8.98. The van der Waals surface area contributed by atoms with Crippen LogP contribution in [0.2, 0.25) is 0 Å². The van der Waals surface area contributed by atoms with Crippen molar-refractivity contribution >= 4 is 29.4 Å². The fourth-order valence-electron chi connectivity index (χ4n) is 3.19. The Morgan fingerprint density at radius 2 is 1.30 bits per heavy atom. The number of amides is 2. The number of benzene rings is 3. The summed E-state index contributed by atoms with van der Waals surface area (Å²) in [6.45, 7) is 0. The van der Waals surface area contributed by atoms with Gasteiger partial charge in [-0.3, -0.25) is 9.59 Å². The van der Waals surface area contributed by atoms with Crippen molar-refractivity contribution in [2.75, 3.05) is 12.0 Å². The van der Waals surface area contributed by atoms with Crippen molar-refractivity contribution in [3.8, 4) is 5.75 Å². The molecular formula is C23H15NO6. The number of rotatable bonds is 4. The molecule has 148 valence electrons. The fraction of sp³-hybridized carbons (Fsp3) is 0.0435. The number of ether oxygens (including phenoxy) is 2. The van der Waals surface area contributed by atoms with E-state index in [4.69, 9.17) is 4.74 Å². The first-order chi connectivity index (χ1) is 14.5. The van der Waals surface area contributed by atoms with Gasteiger partial charge < -0.3 is 9.47 Å². The molecule has 0 N–H and O–H groups in total. The lowest BCUT2D eigenvalue weighted by Gasteiger charge is -2.17. The van der Waals surface area contributed by atoms with Gasteiger partial charge in [0.25, 0.3) is 11.8 Å². The molecule has 30 heavy (non-hydrogen) atoms. The maximum atomic E-state index is 12.8. The van der Waals surface area contributed by atoms with Crippen LogP contribution in [0, 0.1) is 0 Å². The summed E-state index contributed by atoms with van der Waals surface area (Å²) in [4.78, 5) is 50.8. The summed E-state index contributed by atoms with van der Waals surface area (Å²) in [6, 6.07) is 18.5. The van der Waals surface area contributed by atoms with Crippen LogP contribution >= 0.6 is 0 Å². The Bertz CT molecular complexity index is 1150. The Labute approximate surface area is 171 Å². The van der Waals surface area contributed by atoms with Gasteiger partial charge in [-0.2, -0.15) is 0 Å². The summed E-state index contributed by atoms with van der Waals surface area (Å²) in [5, 5.41) is 0. The largest absolute Gasteiger partial charge is 0.465 e. The van der Waals surface area contributed by atoms with E-state index in [0.717, 1.165) is 4.90 Å². The molecule has 0 saturated carbocycles. The zero-order chi connectivity index (χ0) is 21.3. The van der Waals surface area contributed by atoms with E-state index in [0.29, 0.717) is 5.56 Å². The minimum Gasteiger partial charge on any atom is -0.465 e. The number of esters is 2. The Balaban J connectivity index is 1.63. The zero-order valence-electron chi connectivity index (χ0n) is 15.8. The highest BCUT2D eigenvalue weighted by Gasteiger charge is 2.38. The van der Waals surface area contributed by atoms with E-state index in [1.165, 1.54) is 43.5 Å². The normalized spacial score (nSPS) is 12.5. The number of carbonyl (C=O) groups excluding carboxylic acids is 4. The van der Waals surface area contributed by atoms with Gasteiger partial charge in [-0.1, -0.05) is 24.3 Å². The molecule has 2 amide bonds. The van der Waals surface area contributed by atoms with Crippen LogP contribution in [0.25, 0.3) is 0 Å². The van der Waals surface area contributed by atoms with E-state index < -0.39 is 23.8 Å². The van der Waals surface area contributed by atoms with Crippen molar-refractivity contribution in [1.82, 2.24) is 0 Å². The molecule has 0 aliphatic carbocycles. The SMILES string of the molecule is COC(=O)c1ccc(OC(=O)c2ccccc2N2C(=O)c3ccccc3C2=O)cc1. The van der Waals surface area contributed by atoms with E-state index in [2.05, 4.69) is 4.74 Å². The topological polar surface area (TPSA) is 90.0 Å². The number of nitrogens with zero attached hydrogens (tertiary/aromatic N) is 1. The predicted molar refractivity (Wildman–Crippen MR) is 107 cm³/mol. The molecule has 0 fully saturated rings. The maximum Gasteiger partial charge on any atom is 0.345 e. The lowest BCUT2D eigenvalue weighted by molar-refractivity contribution is 0.0600. The average molecular weight is 401 g/mol. The molecule has 0 unspecified atom stereocenters. The zero-order valence-corrected chi connectivity index (χ0v) is 15.8. The van der Waals surface area contributed by atoms with E-state index >= 15 is 0 Å². The third-order valence-electron chi connectivity index (χ3n) is 4.64. The minimum absolute atomic E-state index is 0.0593. The van der Waals surface area contributed by atoms with Crippen LogP contribution in [0.3, 0.4) is 0 Å². The lowest BCUT2D eigenvalue weighted by atomic mass is 10.1. The second-order valence-corrected chi connectivity index (χ2v) is 6.41. The van der Waals surface area contributed by atoms with E-state index in [-0.39, 0.29) is 28.1 Å². The predicted octanol–water partition coefficient (Wildman–Crippen LogP) is 3.49. The molecule has 1 aliphatic heterocycles. The molecule has 0 spiro atoms. The van der Waals surface area contributed by atoms with Crippen LogP contribution in [-0.2, 0) is 4.74 Å². The summed E-state index contributed by atoms with van der Waals surface area (Å²) >= 11 is 0. The minimum atomic E-state index is -0.743. The van der Waals surface area contributed by atoms with E-state index in [9.17, 15) is 19.2 Å². The molecule has 0 aromatic heterocycles. The van der Waals surface area contributed by atoms with Crippen molar-refractivity contribution in [1.29, 1.82) is 0 Å². The fourth-order valence-corrected chi connectivity index (χ4v) is 3.19. The van der Waals surface area contributed by atoms with Crippen LogP contribution in [-0.4, -0.2) is 30.9 Å². The summed E-state index contributed by atoms with van der Waals surface area (Å²) in [5.74, 6) is -2.06. The Morgan fingerprint density at radius 1 is 0.733 bits per heavy atom. The van der Waals surface area contributed by atoms with Gasteiger partial charge in [0, 0.05) is 0 Å². The molecule has 1 heterocycles. The third-order valence-corrected chi connectivity index (χ3v) is 4.64. The molecule has 0 saturated heterocycles. The molecule has 7 heteroatoms. The van der Waals surface area contributed by atoms with Crippen LogP contribution in [0.1, 0.15) is 41.4 Å². The van der Waals surface area contributed by atoms with Crippen molar-refractivity contribution in [3.05, 3.63) is 95.1 Å². The number of para-hydroxylation sites is 1. The van der Waals surface area contributed by atoms with Crippen molar-refractivity contribution < 1.29 is 28.7 Å². The van der Waals surface area contributed by atoms with Gasteiger partial charge in [-0.15, -0.1) is 0 Å². The van der Waals surface area contributed by atoms with Gasteiger partial charge in [0.15, 0.2) is 0 Å². The summed E-state index contributed by atoms with van der Waals surface area (Å²) < 4.78 is 10.0. The van der Waals surface area contributed by atoms with Gasteiger partial charge >= 0.3 is 11.9 Å². The number of hydrogen-bond acceptors (Lipinski definition) is 6. The first-order valence-corrected chi connectivity index (χ1v) is 8.98. The molecule has 0 atom stereocenters. The molecule has 0 radical (unpaired) electrons. The Hall–Kier alpha value is -4.26. The van der Waals surface area contributed by atoms with Crippen molar-refractivity contribution in [2.24, 2.45) is 0 Å². The summed E-state index contributed by atoms with van der Waals surface area (Å²) in [5.41, 5.74) is 1.07. The molecule has 7 nitrogen and oxygen atoms in total. The van der Waals surface area contributed by atoms with Gasteiger partial charge in [0.1, 0.15) is 5.75 Å². The molecule has 4 rings (SSSR count). The monoisotopic (exact) mass is 401 g/mol. The van der Waals surface area contributed by atoms with E-state index in [1.54, 1.807) is 36.4 Å². The van der Waals surface area contributed by atoms with Gasteiger partial charge in [0.05, 0.1) is 35.1 Å². The smallest absolute Gasteiger partial charge is 0.345 e. The summed E-state index contributed by atoms with van der Waals surface area (Å²) in [7, 11) is 1.27. The number of hydrogen-bond donors (Lipinski definition) is 0. The lowest BCUT2D eigenvalue weighted by Crippen LogP contribution is -2.31. The standard InChI is InChI=1S/C23H15NO6/c1-29-22(27)14-10-12-15(13-11-14)30-23(28)18-8-4-5-9-19(18)24-20(25)16-6-2-3-7-17(16)21(24)26/h2-13H,1H3. The highest BCUT2D eigenvalue weighted by Crippen LogP contribution is 2.31. The Morgan fingerprint density at radius 3 is 1.90 bits per heavy atom. The van der Waals surface area contributed by atoms with Crippen molar-refractivity contribution in [3.63, 3.8) is 0 Å². The molecule has 1 aliphatic rings. The first kappa shape index (κ1) is 19.1. The van der Waals surface area contributed by atoms with Gasteiger partial charge in [-0.25, -0.2) is 14.5 Å². The molecule has 0 bridgehead atoms. The number of carbonyl (C=O) groups is 4. The van der Waals surface area contributed by atoms with Crippen LogP contribution in [0.4, 0.5) is 5.69 Å². The molecule has 3 aromatic carbocycles. The quantitative estimate of drug-likeness (QED) is 0.378. The summed E-state index contributed by atoms with van der Waals surface area (Å²) in [6.07, 6.45) is 0. The number of anilines is 1. The number of methoxy groups -OCH3 is 1. The van der Waals surface area contributed by atoms with Crippen molar-refractivity contribution in [2.45, 2.75) is 0 Å². The van der Waals surface area contributed by atoms with Gasteiger partial charge in [0.2, 0.25) is 0 Å². The number of imide groups is 1. The second-order valence-electron chi connectivity index (χ2n) is 6.41. The van der Waals surface area contributed by atoms with Gasteiger partial charge in [-0.05, 0) is 48.5 Å². The third kappa shape index (κ3) is 3.22. The second kappa shape index (κ2) is 7.63. The van der Waals surface area contributed by atoms with Crippen LogP contribution < -0.4 is 9.64 Å². The maximum absolute atomic E-state index is 12.8. The highest BCUT2D eigenvalue weighted by molar-refractivity contribution is 6.35.